The fraction of sp³-hybridized carbons (Fsp3) is 0.238. The molecule has 0 saturated carbocycles. The first-order chi connectivity index (χ1) is 10.4. The van der Waals surface area contributed by atoms with Gasteiger partial charge in [0, 0.05) is 0 Å². The molecule has 1 atom stereocenters. The highest BCUT2D eigenvalue weighted by molar-refractivity contribution is 5.85. The predicted octanol–water partition coefficient (Wildman–Crippen LogP) is 5.97. The molecule has 3 rings (SSSR count). The molecular weight excluding hydrogens is 252 g/mol. The molecule has 0 aliphatic rings. The number of benzene rings is 3. The summed E-state index contributed by atoms with van der Waals surface area (Å²) in [6.45, 7) is 2.28. The molecule has 0 N–H and O–H groups in total. The fourth-order valence-electron chi connectivity index (χ4n) is 3.20. The second-order valence-corrected chi connectivity index (χ2v) is 5.74. The van der Waals surface area contributed by atoms with Crippen molar-refractivity contribution >= 4 is 10.8 Å². The Bertz CT molecular complexity index is 692. The average Bonchev–Trinajstić information content (AvgIpc) is 2.55. The molecule has 0 aliphatic carbocycles. The third kappa shape index (κ3) is 3.16. The first-order valence-electron chi connectivity index (χ1n) is 7.90. The zero-order valence-electron chi connectivity index (χ0n) is 12.6. The van der Waals surface area contributed by atoms with Gasteiger partial charge < -0.3 is 0 Å². The highest BCUT2D eigenvalue weighted by Gasteiger charge is 2.12. The van der Waals surface area contributed by atoms with Crippen molar-refractivity contribution in [3.05, 3.63) is 83.9 Å². The van der Waals surface area contributed by atoms with Gasteiger partial charge in [0.2, 0.25) is 0 Å². The largest absolute Gasteiger partial charge is 0.0654 e. The molecule has 0 saturated heterocycles. The van der Waals surface area contributed by atoms with Gasteiger partial charge in [0.15, 0.2) is 0 Å². The van der Waals surface area contributed by atoms with Crippen LogP contribution in [-0.2, 0) is 6.42 Å². The lowest BCUT2D eigenvalue weighted by atomic mass is 9.87. The van der Waals surface area contributed by atoms with E-state index < -0.39 is 0 Å². The molecule has 21 heavy (non-hydrogen) atoms. The Kier molecular flexibility index (Phi) is 4.35. The van der Waals surface area contributed by atoms with Gasteiger partial charge in [-0.05, 0) is 40.7 Å². The molecule has 106 valence electrons. The average molecular weight is 274 g/mol. The zero-order chi connectivity index (χ0) is 14.5. The maximum Gasteiger partial charge on any atom is -0.0121 e. The molecule has 1 unspecified atom stereocenters. The lowest BCUT2D eigenvalue weighted by Gasteiger charge is -2.18. The lowest BCUT2D eigenvalue weighted by molar-refractivity contribution is 0.612. The molecule has 3 aromatic rings. The first-order valence-corrected chi connectivity index (χ1v) is 7.90. The van der Waals surface area contributed by atoms with Crippen molar-refractivity contribution in [3.8, 4) is 0 Å². The van der Waals surface area contributed by atoms with Crippen LogP contribution in [0.4, 0.5) is 0 Å². The van der Waals surface area contributed by atoms with Crippen molar-refractivity contribution in [1.82, 2.24) is 0 Å². The van der Waals surface area contributed by atoms with E-state index in [1.54, 1.807) is 0 Å². The number of fused-ring (bicyclic) bond motifs is 1. The van der Waals surface area contributed by atoms with Crippen molar-refractivity contribution in [3.63, 3.8) is 0 Å². The number of rotatable bonds is 5. The maximum atomic E-state index is 2.29. The van der Waals surface area contributed by atoms with Gasteiger partial charge in [-0.2, -0.15) is 0 Å². The van der Waals surface area contributed by atoms with Crippen LogP contribution in [0.1, 0.15) is 36.8 Å². The number of hydrogen-bond donors (Lipinski definition) is 0. The van der Waals surface area contributed by atoms with E-state index in [1.807, 2.05) is 0 Å². The summed E-state index contributed by atoms with van der Waals surface area (Å²) in [6.07, 6.45) is 3.59. The van der Waals surface area contributed by atoms with E-state index in [0.29, 0.717) is 5.92 Å². The van der Waals surface area contributed by atoms with Crippen LogP contribution in [0.15, 0.2) is 72.8 Å². The smallest absolute Gasteiger partial charge is 0.0121 e. The minimum atomic E-state index is 0.613. The van der Waals surface area contributed by atoms with Crippen molar-refractivity contribution < 1.29 is 0 Å². The van der Waals surface area contributed by atoms with Crippen LogP contribution in [0.3, 0.4) is 0 Å². The predicted molar refractivity (Wildman–Crippen MR) is 91.7 cm³/mol. The second-order valence-electron chi connectivity index (χ2n) is 5.74. The van der Waals surface area contributed by atoms with E-state index in [4.69, 9.17) is 0 Å². The van der Waals surface area contributed by atoms with Crippen LogP contribution in [0.25, 0.3) is 10.8 Å². The maximum absolute atomic E-state index is 2.29. The van der Waals surface area contributed by atoms with E-state index >= 15 is 0 Å². The SMILES string of the molecule is CCCC(Cc1cccc2ccccc12)c1ccccc1. The Morgan fingerprint density at radius 3 is 2.29 bits per heavy atom. The van der Waals surface area contributed by atoms with Gasteiger partial charge in [-0.3, -0.25) is 0 Å². The van der Waals surface area contributed by atoms with Crippen molar-refractivity contribution in [2.75, 3.05) is 0 Å². The van der Waals surface area contributed by atoms with Crippen LogP contribution in [-0.4, -0.2) is 0 Å². The number of hydrogen-bond acceptors (Lipinski definition) is 0. The van der Waals surface area contributed by atoms with Gasteiger partial charge in [-0.1, -0.05) is 86.1 Å². The Hall–Kier alpha value is -2.08. The van der Waals surface area contributed by atoms with E-state index in [9.17, 15) is 0 Å². The third-order valence-electron chi connectivity index (χ3n) is 4.25. The standard InChI is InChI=1S/C21H22/c1-2-9-19(17-10-4-3-5-11-17)16-20-14-8-13-18-12-6-7-15-21(18)20/h3-8,10-15,19H,2,9,16H2,1H3. The van der Waals surface area contributed by atoms with E-state index in [-0.39, 0.29) is 0 Å². The van der Waals surface area contributed by atoms with Gasteiger partial charge in [0.1, 0.15) is 0 Å². The summed E-state index contributed by atoms with van der Waals surface area (Å²) in [5.74, 6) is 0.613. The quantitative estimate of drug-likeness (QED) is 0.538. The Morgan fingerprint density at radius 1 is 0.762 bits per heavy atom. The molecule has 0 heterocycles. The van der Waals surface area contributed by atoms with Crippen molar-refractivity contribution in [1.29, 1.82) is 0 Å². The molecule has 0 nitrogen and oxygen atoms in total. The molecule has 0 amide bonds. The van der Waals surface area contributed by atoms with Crippen LogP contribution >= 0.6 is 0 Å². The molecule has 0 bridgehead atoms. The van der Waals surface area contributed by atoms with Gasteiger partial charge in [0.25, 0.3) is 0 Å². The molecule has 0 heteroatoms. The highest BCUT2D eigenvalue weighted by Crippen LogP contribution is 2.29. The van der Waals surface area contributed by atoms with Gasteiger partial charge in [0.05, 0.1) is 0 Å². The van der Waals surface area contributed by atoms with E-state index in [2.05, 4.69) is 79.7 Å². The minimum absolute atomic E-state index is 0.613. The topological polar surface area (TPSA) is 0 Å². The molecular formula is C21H22. The van der Waals surface area contributed by atoms with Crippen LogP contribution < -0.4 is 0 Å². The Labute approximate surface area is 127 Å². The monoisotopic (exact) mass is 274 g/mol. The Morgan fingerprint density at radius 2 is 1.48 bits per heavy atom. The summed E-state index contributed by atoms with van der Waals surface area (Å²) in [6, 6.07) is 26.3. The van der Waals surface area contributed by atoms with Crippen LogP contribution in [0, 0.1) is 0 Å². The van der Waals surface area contributed by atoms with Crippen LogP contribution in [0.2, 0.25) is 0 Å². The summed E-state index contributed by atoms with van der Waals surface area (Å²) in [7, 11) is 0. The summed E-state index contributed by atoms with van der Waals surface area (Å²) < 4.78 is 0. The summed E-state index contributed by atoms with van der Waals surface area (Å²) in [5, 5.41) is 2.75. The van der Waals surface area contributed by atoms with Crippen molar-refractivity contribution in [2.24, 2.45) is 0 Å². The normalized spacial score (nSPS) is 12.4. The van der Waals surface area contributed by atoms with Gasteiger partial charge in [-0.25, -0.2) is 0 Å². The minimum Gasteiger partial charge on any atom is -0.0654 e. The zero-order valence-corrected chi connectivity index (χ0v) is 12.6. The summed E-state index contributed by atoms with van der Waals surface area (Å²) in [4.78, 5) is 0. The van der Waals surface area contributed by atoms with Crippen LogP contribution in [0.5, 0.6) is 0 Å². The molecule has 0 fully saturated rings. The van der Waals surface area contributed by atoms with E-state index in [0.717, 1.165) is 6.42 Å². The highest BCUT2D eigenvalue weighted by atomic mass is 14.2. The summed E-state index contributed by atoms with van der Waals surface area (Å²) >= 11 is 0. The third-order valence-corrected chi connectivity index (χ3v) is 4.25. The molecule has 0 spiro atoms. The second kappa shape index (κ2) is 6.58. The molecule has 0 aliphatic heterocycles. The van der Waals surface area contributed by atoms with E-state index in [1.165, 1.54) is 34.7 Å². The molecule has 3 aromatic carbocycles. The first kappa shape index (κ1) is 13.9. The van der Waals surface area contributed by atoms with Gasteiger partial charge in [-0.15, -0.1) is 0 Å². The molecule has 0 radical (unpaired) electrons. The Balaban J connectivity index is 1.95. The van der Waals surface area contributed by atoms with Gasteiger partial charge >= 0.3 is 0 Å². The fourth-order valence-corrected chi connectivity index (χ4v) is 3.20. The van der Waals surface area contributed by atoms with Crippen molar-refractivity contribution in [2.45, 2.75) is 32.1 Å². The summed E-state index contributed by atoms with van der Waals surface area (Å²) in [5.41, 5.74) is 2.93. The molecule has 0 aromatic heterocycles. The lowest BCUT2D eigenvalue weighted by Crippen LogP contribution is -2.03.